The van der Waals surface area contributed by atoms with Crippen molar-refractivity contribution in [3.63, 3.8) is 0 Å². The molecule has 2 rings (SSSR count). The van der Waals surface area contributed by atoms with Crippen molar-refractivity contribution in [1.29, 1.82) is 0 Å². The highest BCUT2D eigenvalue weighted by Crippen LogP contribution is 2.30. The molecule has 1 saturated heterocycles. The first-order chi connectivity index (χ1) is 9.38. The van der Waals surface area contributed by atoms with E-state index in [-0.39, 0.29) is 18.1 Å². The Morgan fingerprint density at radius 1 is 1.40 bits per heavy atom. The van der Waals surface area contributed by atoms with E-state index in [1.54, 1.807) is 11.9 Å². The van der Waals surface area contributed by atoms with E-state index in [0.717, 1.165) is 12.1 Å². The molecule has 0 aliphatic carbocycles. The molecule has 1 aromatic carbocycles. The summed E-state index contributed by atoms with van der Waals surface area (Å²) >= 11 is 0. The molecular formula is C12H12F3N3O2. The van der Waals surface area contributed by atoms with E-state index < -0.39 is 17.7 Å². The Balaban J connectivity index is 2.16. The summed E-state index contributed by atoms with van der Waals surface area (Å²) in [5, 5.41) is 3.79. The number of cyclic esters (lactones) is 1. The Bertz CT molecular complexity index is 543. The molecule has 1 aromatic rings. The lowest BCUT2D eigenvalue weighted by Gasteiger charge is -2.24. The molecular weight excluding hydrogens is 275 g/mol. The lowest BCUT2D eigenvalue weighted by atomic mass is 10.2. The van der Waals surface area contributed by atoms with Crippen molar-refractivity contribution in [2.45, 2.75) is 6.18 Å². The Hall–Kier alpha value is -2.25. The van der Waals surface area contributed by atoms with E-state index >= 15 is 0 Å². The summed E-state index contributed by atoms with van der Waals surface area (Å²) in [6.07, 6.45) is -4.43. The van der Waals surface area contributed by atoms with Crippen LogP contribution in [0.2, 0.25) is 0 Å². The fourth-order valence-electron chi connectivity index (χ4n) is 1.62. The number of nitrogens with zero attached hydrogens (tertiary/aromatic N) is 2. The number of hydrogen-bond donors (Lipinski definition) is 1. The van der Waals surface area contributed by atoms with Crippen molar-refractivity contribution in [3.05, 3.63) is 29.8 Å². The second kappa shape index (κ2) is 5.40. The van der Waals surface area contributed by atoms with E-state index in [1.807, 2.05) is 0 Å². The van der Waals surface area contributed by atoms with Crippen molar-refractivity contribution < 1.29 is 22.7 Å². The van der Waals surface area contributed by atoms with Crippen LogP contribution in [0.25, 0.3) is 0 Å². The minimum Gasteiger partial charge on any atom is -0.458 e. The number of ether oxygens (including phenoxy) is 1. The van der Waals surface area contributed by atoms with Gasteiger partial charge >= 0.3 is 12.1 Å². The summed E-state index contributed by atoms with van der Waals surface area (Å²) in [5.74, 6) is -0.591. The molecule has 0 spiro atoms. The SMILES string of the molecule is CN1CCOC(=O)/C1=N\Nc1cccc(C(F)(F)F)c1. The molecule has 0 bridgehead atoms. The molecule has 20 heavy (non-hydrogen) atoms. The summed E-state index contributed by atoms with van der Waals surface area (Å²) < 4.78 is 42.4. The number of nitrogens with one attached hydrogen (secondary N) is 1. The zero-order valence-electron chi connectivity index (χ0n) is 10.6. The van der Waals surface area contributed by atoms with Gasteiger partial charge in [-0.3, -0.25) is 5.43 Å². The van der Waals surface area contributed by atoms with Crippen LogP contribution in [0.15, 0.2) is 29.4 Å². The average molecular weight is 287 g/mol. The van der Waals surface area contributed by atoms with Crippen LogP contribution >= 0.6 is 0 Å². The van der Waals surface area contributed by atoms with Crippen LogP contribution in [0, 0.1) is 0 Å². The number of benzene rings is 1. The highest BCUT2D eigenvalue weighted by molar-refractivity contribution is 6.35. The number of morpholine rings is 1. The maximum absolute atomic E-state index is 12.5. The average Bonchev–Trinajstić information content (AvgIpc) is 2.37. The van der Waals surface area contributed by atoms with E-state index in [2.05, 4.69) is 10.5 Å². The van der Waals surface area contributed by atoms with Crippen molar-refractivity contribution in [2.75, 3.05) is 25.6 Å². The second-order valence-electron chi connectivity index (χ2n) is 4.18. The third-order valence-electron chi connectivity index (χ3n) is 2.68. The summed E-state index contributed by atoms with van der Waals surface area (Å²) in [5.41, 5.74) is 1.78. The Morgan fingerprint density at radius 2 is 2.15 bits per heavy atom. The largest absolute Gasteiger partial charge is 0.458 e. The fourth-order valence-corrected chi connectivity index (χ4v) is 1.62. The molecule has 0 saturated carbocycles. The quantitative estimate of drug-likeness (QED) is 0.667. The minimum absolute atomic E-state index is 0.0219. The highest BCUT2D eigenvalue weighted by atomic mass is 19.4. The number of esters is 1. The van der Waals surface area contributed by atoms with Gasteiger partial charge in [-0.2, -0.15) is 13.2 Å². The lowest BCUT2D eigenvalue weighted by Crippen LogP contribution is -2.43. The molecule has 0 aromatic heterocycles. The number of amidine groups is 1. The molecule has 0 amide bonds. The van der Waals surface area contributed by atoms with Gasteiger partial charge < -0.3 is 9.64 Å². The predicted molar refractivity (Wildman–Crippen MR) is 66.1 cm³/mol. The number of halogens is 3. The Kier molecular flexibility index (Phi) is 3.82. The van der Waals surface area contributed by atoms with E-state index in [1.165, 1.54) is 12.1 Å². The molecule has 1 aliphatic rings. The van der Waals surface area contributed by atoms with Gasteiger partial charge in [0, 0.05) is 7.05 Å². The van der Waals surface area contributed by atoms with E-state index in [0.29, 0.717) is 6.54 Å². The number of likely N-dealkylation sites (N-methyl/N-ethyl adjacent to an activating group) is 1. The van der Waals surface area contributed by atoms with E-state index in [4.69, 9.17) is 4.74 Å². The number of rotatable bonds is 2. The van der Waals surface area contributed by atoms with Gasteiger partial charge in [0.05, 0.1) is 17.8 Å². The fraction of sp³-hybridized carbons (Fsp3) is 0.333. The summed E-state index contributed by atoms with van der Waals surface area (Å²) in [4.78, 5) is 13.0. The molecule has 5 nitrogen and oxygen atoms in total. The monoisotopic (exact) mass is 287 g/mol. The Morgan fingerprint density at radius 3 is 2.80 bits per heavy atom. The summed E-state index contributed by atoms with van der Waals surface area (Å²) in [6, 6.07) is 4.55. The van der Waals surface area contributed by atoms with Gasteiger partial charge in [0.1, 0.15) is 6.61 Å². The number of hydrazone groups is 1. The maximum Gasteiger partial charge on any atom is 0.416 e. The van der Waals surface area contributed by atoms with Gasteiger partial charge in [0.25, 0.3) is 0 Å². The van der Waals surface area contributed by atoms with Gasteiger partial charge in [0.2, 0.25) is 5.84 Å². The smallest absolute Gasteiger partial charge is 0.416 e. The summed E-state index contributed by atoms with van der Waals surface area (Å²) in [6.45, 7) is 0.743. The molecule has 0 unspecified atom stereocenters. The third kappa shape index (κ3) is 3.19. The highest BCUT2D eigenvalue weighted by Gasteiger charge is 2.30. The number of alkyl halides is 3. The number of carbonyl (C=O) groups excluding carboxylic acids is 1. The number of anilines is 1. The van der Waals surface area contributed by atoms with Gasteiger partial charge in [0.15, 0.2) is 0 Å². The molecule has 0 atom stereocenters. The molecule has 0 radical (unpaired) electrons. The van der Waals surface area contributed by atoms with Crippen LogP contribution in [0.4, 0.5) is 18.9 Å². The molecule has 1 N–H and O–H groups in total. The predicted octanol–water partition coefficient (Wildman–Crippen LogP) is 1.92. The van der Waals surface area contributed by atoms with Gasteiger partial charge in [-0.1, -0.05) is 6.07 Å². The molecule has 1 aliphatic heterocycles. The first kappa shape index (κ1) is 14.2. The zero-order valence-corrected chi connectivity index (χ0v) is 10.6. The van der Waals surface area contributed by atoms with Crippen molar-refractivity contribution in [1.82, 2.24) is 4.90 Å². The zero-order chi connectivity index (χ0) is 14.8. The minimum atomic E-state index is -4.43. The normalized spacial score (nSPS) is 18.1. The Labute approximate surface area is 113 Å². The maximum atomic E-state index is 12.5. The molecule has 8 heteroatoms. The van der Waals surface area contributed by atoms with Crippen LogP contribution in [-0.4, -0.2) is 36.9 Å². The molecule has 1 heterocycles. The van der Waals surface area contributed by atoms with E-state index in [9.17, 15) is 18.0 Å². The molecule has 108 valence electrons. The lowest BCUT2D eigenvalue weighted by molar-refractivity contribution is -0.139. The van der Waals surface area contributed by atoms with Crippen LogP contribution in [0.1, 0.15) is 5.56 Å². The third-order valence-corrected chi connectivity index (χ3v) is 2.68. The van der Waals surface area contributed by atoms with Gasteiger partial charge in [-0.25, -0.2) is 4.79 Å². The van der Waals surface area contributed by atoms with Crippen molar-refractivity contribution in [2.24, 2.45) is 5.10 Å². The first-order valence-corrected chi connectivity index (χ1v) is 5.77. The van der Waals surface area contributed by atoms with Crippen LogP contribution in [0.3, 0.4) is 0 Å². The van der Waals surface area contributed by atoms with Gasteiger partial charge in [-0.05, 0) is 18.2 Å². The topological polar surface area (TPSA) is 53.9 Å². The van der Waals surface area contributed by atoms with Crippen molar-refractivity contribution in [3.8, 4) is 0 Å². The second-order valence-corrected chi connectivity index (χ2v) is 4.18. The standard InChI is InChI=1S/C12H12F3N3O2/c1-18-5-6-20-11(19)10(18)17-16-9-4-2-3-8(7-9)12(13,14)15/h2-4,7,16H,5-6H2,1H3/b17-10+. The number of hydrogen-bond acceptors (Lipinski definition) is 4. The van der Waals surface area contributed by atoms with Gasteiger partial charge in [-0.15, -0.1) is 5.10 Å². The first-order valence-electron chi connectivity index (χ1n) is 5.77. The van der Waals surface area contributed by atoms with Crippen molar-refractivity contribution >= 4 is 17.5 Å². The van der Waals surface area contributed by atoms with Crippen LogP contribution in [-0.2, 0) is 15.7 Å². The molecule has 1 fully saturated rings. The van der Waals surface area contributed by atoms with Crippen LogP contribution < -0.4 is 5.43 Å². The summed E-state index contributed by atoms with van der Waals surface area (Å²) in [7, 11) is 1.65. The van der Waals surface area contributed by atoms with Crippen LogP contribution in [0.5, 0.6) is 0 Å². The number of carbonyl (C=O) groups is 1.